The highest BCUT2D eigenvalue weighted by Crippen LogP contribution is 2.32. The minimum absolute atomic E-state index is 0.100. The molecule has 2 rings (SSSR count). The van der Waals surface area contributed by atoms with Gasteiger partial charge in [-0.3, -0.25) is 14.9 Å². The average molecular weight is 282 g/mol. The van der Waals surface area contributed by atoms with E-state index in [1.54, 1.807) is 0 Å². The molecular weight excluding hydrogens is 267 g/mol. The summed E-state index contributed by atoms with van der Waals surface area (Å²) in [7, 11) is 0. The van der Waals surface area contributed by atoms with Crippen LogP contribution in [0, 0.1) is 21.8 Å². The van der Waals surface area contributed by atoms with Gasteiger partial charge in [-0.2, -0.15) is 0 Å². The molecule has 1 saturated heterocycles. The first kappa shape index (κ1) is 14.2. The number of hydrogen-bond donors (Lipinski definition) is 1. The van der Waals surface area contributed by atoms with Crippen LogP contribution in [-0.2, 0) is 4.79 Å². The third kappa shape index (κ3) is 3.23. The SMILES string of the molecule is O=C(O)CC1CCN(c2ccc(F)cc2[N+](=O)[O-])CC1. The smallest absolute Gasteiger partial charge is 0.303 e. The molecule has 0 radical (unpaired) electrons. The van der Waals surface area contributed by atoms with Gasteiger partial charge in [0.2, 0.25) is 0 Å². The zero-order valence-electron chi connectivity index (χ0n) is 10.8. The molecule has 0 aliphatic carbocycles. The molecule has 1 aliphatic heterocycles. The lowest BCUT2D eigenvalue weighted by Crippen LogP contribution is -2.34. The van der Waals surface area contributed by atoms with Gasteiger partial charge in [-0.05, 0) is 30.9 Å². The van der Waals surface area contributed by atoms with Gasteiger partial charge in [0.05, 0.1) is 11.0 Å². The molecule has 1 aromatic carbocycles. The van der Waals surface area contributed by atoms with E-state index in [-0.39, 0.29) is 18.0 Å². The van der Waals surface area contributed by atoms with Crippen LogP contribution in [0.3, 0.4) is 0 Å². The fourth-order valence-electron chi connectivity index (χ4n) is 2.54. The van der Waals surface area contributed by atoms with Gasteiger partial charge in [0, 0.05) is 19.5 Å². The molecule has 1 heterocycles. The molecular formula is C13H15FN2O4. The molecule has 0 saturated carbocycles. The van der Waals surface area contributed by atoms with E-state index in [0.29, 0.717) is 31.6 Å². The van der Waals surface area contributed by atoms with Crippen LogP contribution < -0.4 is 4.90 Å². The van der Waals surface area contributed by atoms with Crippen molar-refractivity contribution >= 4 is 17.3 Å². The number of carboxylic acids is 1. The first-order chi connectivity index (χ1) is 9.47. The highest BCUT2D eigenvalue weighted by atomic mass is 19.1. The number of nitro groups is 1. The van der Waals surface area contributed by atoms with E-state index in [0.717, 1.165) is 6.07 Å². The minimum atomic E-state index is -0.823. The summed E-state index contributed by atoms with van der Waals surface area (Å²) in [4.78, 5) is 22.8. The van der Waals surface area contributed by atoms with Gasteiger partial charge in [0.25, 0.3) is 5.69 Å². The van der Waals surface area contributed by atoms with E-state index in [4.69, 9.17) is 5.11 Å². The normalized spacial score (nSPS) is 16.1. The van der Waals surface area contributed by atoms with Crippen molar-refractivity contribution in [3.63, 3.8) is 0 Å². The molecule has 20 heavy (non-hydrogen) atoms. The molecule has 108 valence electrons. The number of benzene rings is 1. The fourth-order valence-corrected chi connectivity index (χ4v) is 2.54. The Kier molecular flexibility index (Phi) is 4.16. The predicted molar refractivity (Wildman–Crippen MR) is 70.2 cm³/mol. The Morgan fingerprint density at radius 3 is 2.65 bits per heavy atom. The van der Waals surface area contributed by atoms with Gasteiger partial charge < -0.3 is 10.0 Å². The van der Waals surface area contributed by atoms with Crippen LogP contribution in [0.4, 0.5) is 15.8 Å². The molecule has 1 aromatic rings. The van der Waals surface area contributed by atoms with Crippen LogP contribution in [0.15, 0.2) is 18.2 Å². The zero-order valence-corrected chi connectivity index (χ0v) is 10.8. The lowest BCUT2D eigenvalue weighted by atomic mass is 9.93. The van der Waals surface area contributed by atoms with E-state index in [9.17, 15) is 19.3 Å². The lowest BCUT2D eigenvalue weighted by Gasteiger charge is -2.32. The minimum Gasteiger partial charge on any atom is -0.481 e. The van der Waals surface area contributed by atoms with Gasteiger partial charge in [0.15, 0.2) is 0 Å². The van der Waals surface area contributed by atoms with Gasteiger partial charge in [-0.1, -0.05) is 0 Å². The second-order valence-corrected chi connectivity index (χ2v) is 4.92. The molecule has 0 unspecified atom stereocenters. The van der Waals surface area contributed by atoms with E-state index in [1.165, 1.54) is 12.1 Å². The van der Waals surface area contributed by atoms with Crippen LogP contribution >= 0.6 is 0 Å². The topological polar surface area (TPSA) is 83.7 Å². The first-order valence-electron chi connectivity index (χ1n) is 6.38. The Labute approximate surface area is 115 Å². The summed E-state index contributed by atoms with van der Waals surface area (Å²) in [5.41, 5.74) is 0.145. The van der Waals surface area contributed by atoms with Gasteiger partial charge in [-0.25, -0.2) is 4.39 Å². The largest absolute Gasteiger partial charge is 0.481 e. The van der Waals surface area contributed by atoms with E-state index in [1.807, 2.05) is 4.90 Å². The predicted octanol–water partition coefficient (Wildman–Crippen LogP) is 2.43. The Balaban J connectivity index is 2.11. The Morgan fingerprint density at radius 2 is 2.10 bits per heavy atom. The molecule has 0 atom stereocenters. The number of hydrogen-bond acceptors (Lipinski definition) is 4. The number of carboxylic acid groups (broad SMARTS) is 1. The standard InChI is InChI=1S/C13H15FN2O4/c14-10-1-2-11(12(8-10)16(19)20)15-5-3-9(4-6-15)7-13(17)18/h1-2,8-9H,3-7H2,(H,17,18). The van der Waals surface area contributed by atoms with Crippen molar-refractivity contribution in [2.24, 2.45) is 5.92 Å². The van der Waals surface area contributed by atoms with Crippen molar-refractivity contribution < 1.29 is 19.2 Å². The number of nitro benzene ring substituents is 1. The quantitative estimate of drug-likeness (QED) is 0.677. The third-order valence-electron chi connectivity index (χ3n) is 3.55. The molecule has 0 amide bonds. The number of halogens is 1. The number of piperidine rings is 1. The molecule has 0 bridgehead atoms. The van der Waals surface area contributed by atoms with E-state index in [2.05, 4.69) is 0 Å². The summed E-state index contributed by atoms with van der Waals surface area (Å²) in [5, 5.41) is 19.7. The summed E-state index contributed by atoms with van der Waals surface area (Å²) >= 11 is 0. The fraction of sp³-hybridized carbons (Fsp3) is 0.462. The van der Waals surface area contributed by atoms with Crippen LogP contribution in [0.2, 0.25) is 0 Å². The van der Waals surface area contributed by atoms with Crippen molar-refractivity contribution in [2.45, 2.75) is 19.3 Å². The first-order valence-corrected chi connectivity index (χ1v) is 6.38. The maximum Gasteiger partial charge on any atom is 0.303 e. The summed E-state index contributed by atoms with van der Waals surface area (Å²) in [6, 6.07) is 3.52. The number of aliphatic carboxylic acids is 1. The van der Waals surface area contributed by atoms with E-state index < -0.39 is 16.7 Å². The van der Waals surface area contributed by atoms with Crippen molar-refractivity contribution in [2.75, 3.05) is 18.0 Å². The van der Waals surface area contributed by atoms with E-state index >= 15 is 0 Å². The van der Waals surface area contributed by atoms with Crippen molar-refractivity contribution in [1.82, 2.24) is 0 Å². The van der Waals surface area contributed by atoms with Crippen molar-refractivity contribution in [3.8, 4) is 0 Å². The van der Waals surface area contributed by atoms with Crippen LogP contribution in [0.5, 0.6) is 0 Å². The summed E-state index contributed by atoms with van der Waals surface area (Å²) in [5.74, 6) is -1.36. The Bertz CT molecular complexity index is 527. The van der Waals surface area contributed by atoms with Crippen molar-refractivity contribution in [1.29, 1.82) is 0 Å². The zero-order chi connectivity index (χ0) is 14.7. The Morgan fingerprint density at radius 1 is 1.45 bits per heavy atom. The van der Waals surface area contributed by atoms with Gasteiger partial charge in [-0.15, -0.1) is 0 Å². The molecule has 0 spiro atoms. The molecule has 1 N–H and O–H groups in total. The second kappa shape index (κ2) is 5.85. The number of anilines is 1. The molecule has 1 aliphatic rings. The summed E-state index contributed by atoms with van der Waals surface area (Å²) < 4.78 is 13.1. The summed E-state index contributed by atoms with van der Waals surface area (Å²) in [6.45, 7) is 1.09. The number of carbonyl (C=O) groups is 1. The number of rotatable bonds is 4. The lowest BCUT2D eigenvalue weighted by molar-refractivity contribution is -0.384. The van der Waals surface area contributed by atoms with Crippen molar-refractivity contribution in [3.05, 3.63) is 34.1 Å². The van der Waals surface area contributed by atoms with Gasteiger partial charge >= 0.3 is 5.97 Å². The number of nitrogens with zero attached hydrogens (tertiary/aromatic N) is 2. The summed E-state index contributed by atoms with van der Waals surface area (Å²) in [6.07, 6.45) is 1.46. The monoisotopic (exact) mass is 282 g/mol. The average Bonchev–Trinajstić information content (AvgIpc) is 2.39. The molecule has 6 nitrogen and oxygen atoms in total. The van der Waals surface area contributed by atoms with Gasteiger partial charge in [0.1, 0.15) is 11.5 Å². The highest BCUT2D eigenvalue weighted by Gasteiger charge is 2.26. The maximum absolute atomic E-state index is 13.1. The van der Waals surface area contributed by atoms with Crippen LogP contribution in [0.25, 0.3) is 0 Å². The molecule has 7 heteroatoms. The van der Waals surface area contributed by atoms with Crippen LogP contribution in [-0.4, -0.2) is 29.1 Å². The molecule has 0 aromatic heterocycles. The second-order valence-electron chi connectivity index (χ2n) is 4.92. The van der Waals surface area contributed by atoms with Crippen LogP contribution in [0.1, 0.15) is 19.3 Å². The maximum atomic E-state index is 13.1. The third-order valence-corrected chi connectivity index (χ3v) is 3.55. The molecule has 1 fully saturated rings. The highest BCUT2D eigenvalue weighted by molar-refractivity contribution is 5.67. The Hall–Kier alpha value is -2.18.